The molecule has 7 nitrogen and oxygen atoms in total. The summed E-state index contributed by atoms with van der Waals surface area (Å²) in [7, 11) is 2.01. The zero-order chi connectivity index (χ0) is 16.1. The normalized spacial score (nSPS) is 21.0. The van der Waals surface area contributed by atoms with Gasteiger partial charge >= 0.3 is 0 Å². The lowest BCUT2D eigenvalue weighted by Gasteiger charge is -2.25. The SMILES string of the molecule is Cn1nccc1C[C@@H]1CCCN1c1ccc2nnc(C3CC3)n2n1. The Morgan fingerprint density at radius 3 is 2.83 bits per heavy atom. The van der Waals surface area contributed by atoms with Crippen molar-refractivity contribution in [1.82, 2.24) is 29.6 Å². The summed E-state index contributed by atoms with van der Waals surface area (Å²) in [5.74, 6) is 2.61. The Labute approximate surface area is 140 Å². The summed E-state index contributed by atoms with van der Waals surface area (Å²) >= 11 is 0. The number of nitrogens with zero attached hydrogens (tertiary/aromatic N) is 7. The molecule has 2 fully saturated rings. The summed E-state index contributed by atoms with van der Waals surface area (Å²) in [5.41, 5.74) is 2.12. The lowest BCUT2D eigenvalue weighted by Crippen LogP contribution is -2.32. The Bertz CT molecular complexity index is 876. The Morgan fingerprint density at radius 2 is 2.04 bits per heavy atom. The topological polar surface area (TPSA) is 64.1 Å². The zero-order valence-corrected chi connectivity index (χ0v) is 13.8. The van der Waals surface area contributed by atoms with Crippen molar-refractivity contribution in [2.75, 3.05) is 11.4 Å². The summed E-state index contributed by atoms with van der Waals surface area (Å²) in [5, 5.41) is 17.8. The highest BCUT2D eigenvalue weighted by atomic mass is 15.4. The van der Waals surface area contributed by atoms with Crippen LogP contribution in [0, 0.1) is 0 Å². The van der Waals surface area contributed by atoms with Gasteiger partial charge in [-0.05, 0) is 43.9 Å². The second-order valence-electron chi connectivity index (χ2n) is 6.93. The van der Waals surface area contributed by atoms with Gasteiger partial charge in [0.05, 0.1) is 0 Å². The van der Waals surface area contributed by atoms with E-state index in [0.717, 1.165) is 30.3 Å². The van der Waals surface area contributed by atoms with Gasteiger partial charge in [0.1, 0.15) is 5.82 Å². The number of fused-ring (bicyclic) bond motifs is 1. The van der Waals surface area contributed by atoms with E-state index in [4.69, 9.17) is 5.10 Å². The van der Waals surface area contributed by atoms with Crippen molar-refractivity contribution in [3.8, 4) is 0 Å². The van der Waals surface area contributed by atoms with Crippen LogP contribution in [-0.4, -0.2) is 42.2 Å². The molecule has 0 amide bonds. The quantitative estimate of drug-likeness (QED) is 0.734. The van der Waals surface area contributed by atoms with Gasteiger partial charge in [0.25, 0.3) is 0 Å². The summed E-state index contributed by atoms with van der Waals surface area (Å²) in [6, 6.07) is 6.72. The van der Waals surface area contributed by atoms with Crippen molar-refractivity contribution in [3.05, 3.63) is 35.9 Å². The highest BCUT2D eigenvalue weighted by Crippen LogP contribution is 2.39. The third kappa shape index (κ3) is 2.26. The van der Waals surface area contributed by atoms with Gasteiger partial charge in [-0.3, -0.25) is 4.68 Å². The van der Waals surface area contributed by atoms with E-state index in [0.29, 0.717) is 12.0 Å². The predicted molar refractivity (Wildman–Crippen MR) is 90.0 cm³/mol. The van der Waals surface area contributed by atoms with Crippen molar-refractivity contribution in [1.29, 1.82) is 0 Å². The van der Waals surface area contributed by atoms with E-state index in [-0.39, 0.29) is 0 Å². The minimum Gasteiger partial charge on any atom is -0.352 e. The van der Waals surface area contributed by atoms with Crippen LogP contribution >= 0.6 is 0 Å². The van der Waals surface area contributed by atoms with Gasteiger partial charge in [0.15, 0.2) is 11.5 Å². The molecule has 0 aromatic carbocycles. The molecule has 3 aromatic rings. The smallest absolute Gasteiger partial charge is 0.178 e. The van der Waals surface area contributed by atoms with Crippen LogP contribution in [0.1, 0.15) is 43.1 Å². The van der Waals surface area contributed by atoms with E-state index in [1.54, 1.807) is 0 Å². The lowest BCUT2D eigenvalue weighted by molar-refractivity contribution is 0.606. The molecule has 1 aliphatic heterocycles. The van der Waals surface area contributed by atoms with E-state index in [1.807, 2.05) is 28.5 Å². The lowest BCUT2D eigenvalue weighted by atomic mass is 10.1. The number of hydrogen-bond donors (Lipinski definition) is 0. The molecule has 0 N–H and O–H groups in total. The molecule has 3 aromatic heterocycles. The van der Waals surface area contributed by atoms with Gasteiger partial charge in [-0.15, -0.1) is 15.3 Å². The maximum Gasteiger partial charge on any atom is 0.178 e. The molecule has 5 rings (SSSR count). The molecule has 124 valence electrons. The minimum absolute atomic E-state index is 0.478. The van der Waals surface area contributed by atoms with Crippen molar-refractivity contribution >= 4 is 11.5 Å². The Hall–Kier alpha value is -2.44. The van der Waals surface area contributed by atoms with Crippen LogP contribution in [0.3, 0.4) is 0 Å². The fourth-order valence-electron chi connectivity index (χ4n) is 3.74. The summed E-state index contributed by atoms with van der Waals surface area (Å²) in [6.45, 7) is 1.06. The first-order valence-electron chi connectivity index (χ1n) is 8.75. The molecule has 1 aliphatic carbocycles. The van der Waals surface area contributed by atoms with Gasteiger partial charge in [-0.1, -0.05) is 0 Å². The molecule has 0 spiro atoms. The van der Waals surface area contributed by atoms with Crippen LogP contribution in [0.5, 0.6) is 0 Å². The van der Waals surface area contributed by atoms with Crippen LogP contribution in [0.25, 0.3) is 5.65 Å². The van der Waals surface area contributed by atoms with Gasteiger partial charge in [-0.2, -0.15) is 9.61 Å². The van der Waals surface area contributed by atoms with Gasteiger partial charge in [-0.25, -0.2) is 0 Å². The van der Waals surface area contributed by atoms with E-state index < -0.39 is 0 Å². The number of anilines is 1. The van der Waals surface area contributed by atoms with Crippen molar-refractivity contribution in [2.24, 2.45) is 7.05 Å². The standard InChI is InChI=1S/C17H21N7/c1-22-13(8-9-18-22)11-14-3-2-10-23(14)16-7-6-15-19-20-17(12-4-5-12)24(15)21-16/h6-9,12,14H,2-5,10-11H2,1H3/t14-/m0/s1. The average molecular weight is 323 g/mol. The first-order valence-corrected chi connectivity index (χ1v) is 8.75. The molecular weight excluding hydrogens is 302 g/mol. The number of hydrogen-bond acceptors (Lipinski definition) is 5. The predicted octanol–water partition coefficient (Wildman–Crippen LogP) is 1.95. The average Bonchev–Trinajstić information content (AvgIpc) is 3.01. The van der Waals surface area contributed by atoms with Crippen LogP contribution in [0.4, 0.5) is 5.82 Å². The van der Waals surface area contributed by atoms with Gasteiger partial charge in [0, 0.05) is 43.9 Å². The van der Waals surface area contributed by atoms with Crippen molar-refractivity contribution in [2.45, 2.75) is 44.1 Å². The monoisotopic (exact) mass is 323 g/mol. The molecule has 7 heteroatoms. The number of aryl methyl sites for hydroxylation is 1. The van der Waals surface area contributed by atoms with Crippen molar-refractivity contribution in [3.63, 3.8) is 0 Å². The molecular formula is C17H21N7. The van der Waals surface area contributed by atoms with Crippen molar-refractivity contribution < 1.29 is 0 Å². The summed E-state index contributed by atoms with van der Waals surface area (Å²) in [6.07, 6.45) is 7.70. The van der Waals surface area contributed by atoms with Crippen LogP contribution in [0.15, 0.2) is 24.4 Å². The van der Waals surface area contributed by atoms with Crippen LogP contribution in [0.2, 0.25) is 0 Å². The van der Waals surface area contributed by atoms with E-state index in [1.165, 1.54) is 31.4 Å². The second kappa shape index (κ2) is 5.29. The molecule has 2 aliphatic rings. The summed E-state index contributed by atoms with van der Waals surface area (Å²) in [4.78, 5) is 2.43. The first kappa shape index (κ1) is 13.9. The molecule has 1 saturated heterocycles. The molecule has 24 heavy (non-hydrogen) atoms. The van der Waals surface area contributed by atoms with Gasteiger partial charge in [0.2, 0.25) is 0 Å². The Morgan fingerprint density at radius 1 is 1.12 bits per heavy atom. The number of aromatic nitrogens is 6. The fourth-order valence-corrected chi connectivity index (χ4v) is 3.74. The maximum absolute atomic E-state index is 4.88. The zero-order valence-electron chi connectivity index (χ0n) is 13.8. The second-order valence-corrected chi connectivity index (χ2v) is 6.93. The number of rotatable bonds is 4. The minimum atomic E-state index is 0.478. The van der Waals surface area contributed by atoms with Crippen LogP contribution in [-0.2, 0) is 13.5 Å². The van der Waals surface area contributed by atoms with Gasteiger partial charge < -0.3 is 4.90 Å². The molecule has 0 unspecified atom stereocenters. The molecule has 0 radical (unpaired) electrons. The highest BCUT2D eigenvalue weighted by Gasteiger charge is 2.31. The molecule has 4 heterocycles. The Balaban J connectivity index is 1.46. The van der Waals surface area contributed by atoms with Crippen LogP contribution < -0.4 is 4.90 Å². The third-order valence-electron chi connectivity index (χ3n) is 5.25. The summed E-state index contributed by atoms with van der Waals surface area (Å²) < 4.78 is 3.92. The maximum atomic E-state index is 4.88. The highest BCUT2D eigenvalue weighted by molar-refractivity contribution is 5.47. The largest absolute Gasteiger partial charge is 0.352 e. The first-order chi connectivity index (χ1) is 11.8. The Kier molecular flexibility index (Phi) is 3.08. The van der Waals surface area contributed by atoms with E-state index >= 15 is 0 Å². The molecule has 0 bridgehead atoms. The fraction of sp³-hybridized carbons (Fsp3) is 0.529. The van der Waals surface area contributed by atoms with E-state index in [9.17, 15) is 0 Å². The molecule has 1 atom stereocenters. The third-order valence-corrected chi connectivity index (χ3v) is 5.25. The molecule has 1 saturated carbocycles. The van der Waals surface area contributed by atoms with E-state index in [2.05, 4.69) is 32.3 Å².